The molecular weight excluding hydrogens is 368 g/mol. The van der Waals surface area contributed by atoms with Crippen molar-refractivity contribution in [3.05, 3.63) is 53.6 Å². The maximum absolute atomic E-state index is 12.4. The fourth-order valence-corrected chi connectivity index (χ4v) is 2.64. The summed E-state index contributed by atoms with van der Waals surface area (Å²) >= 11 is 5.17. The molecule has 1 aliphatic rings. The minimum absolute atomic E-state index is 0.138. The summed E-state index contributed by atoms with van der Waals surface area (Å²) in [6.07, 6.45) is 0. The van der Waals surface area contributed by atoms with E-state index in [9.17, 15) is 9.59 Å². The molecule has 2 aromatic carbocycles. The van der Waals surface area contributed by atoms with Crippen LogP contribution in [0.4, 0.5) is 5.69 Å². The average molecular weight is 386 g/mol. The van der Waals surface area contributed by atoms with Crippen LogP contribution in [0.2, 0.25) is 0 Å². The summed E-state index contributed by atoms with van der Waals surface area (Å²) in [7, 11) is 0. The predicted octanol–water partition coefficient (Wildman–Crippen LogP) is 2.76. The third kappa shape index (κ3) is 4.73. The summed E-state index contributed by atoms with van der Waals surface area (Å²) in [4.78, 5) is 24.0. The first-order valence-electron chi connectivity index (χ1n) is 8.36. The number of esters is 1. The van der Waals surface area contributed by atoms with Crippen LogP contribution < -0.4 is 20.1 Å². The van der Waals surface area contributed by atoms with E-state index in [0.29, 0.717) is 48.1 Å². The number of amides is 1. The Morgan fingerprint density at radius 2 is 1.70 bits per heavy atom. The van der Waals surface area contributed by atoms with Crippen LogP contribution in [0, 0.1) is 0 Å². The molecule has 0 aliphatic carbocycles. The van der Waals surface area contributed by atoms with Gasteiger partial charge in [-0.1, -0.05) is 0 Å². The van der Waals surface area contributed by atoms with Crippen LogP contribution in [0.15, 0.2) is 42.5 Å². The maximum atomic E-state index is 12.4. The van der Waals surface area contributed by atoms with E-state index >= 15 is 0 Å². The lowest BCUT2D eigenvalue weighted by Crippen LogP contribution is -2.34. The van der Waals surface area contributed by atoms with Crippen LogP contribution in [-0.2, 0) is 4.74 Å². The molecule has 0 atom stereocenters. The Bertz CT molecular complexity index is 867. The fraction of sp³-hybridized carbons (Fsp3) is 0.211. The molecule has 0 saturated carbocycles. The molecule has 0 unspecified atom stereocenters. The van der Waals surface area contributed by atoms with Crippen molar-refractivity contribution < 1.29 is 23.8 Å². The number of ether oxygens (including phenoxy) is 3. The fourth-order valence-electron chi connectivity index (χ4n) is 2.43. The van der Waals surface area contributed by atoms with Crippen LogP contribution in [0.1, 0.15) is 27.6 Å². The molecule has 0 spiro atoms. The number of fused-ring (bicyclic) bond motifs is 1. The van der Waals surface area contributed by atoms with E-state index in [-0.39, 0.29) is 11.0 Å². The topological polar surface area (TPSA) is 85.9 Å². The first-order valence-corrected chi connectivity index (χ1v) is 8.77. The van der Waals surface area contributed by atoms with Gasteiger partial charge in [-0.15, -0.1) is 0 Å². The van der Waals surface area contributed by atoms with Crippen LogP contribution in [-0.4, -0.2) is 36.8 Å². The Morgan fingerprint density at radius 3 is 2.41 bits per heavy atom. The van der Waals surface area contributed by atoms with Crippen molar-refractivity contribution in [2.24, 2.45) is 0 Å². The van der Waals surface area contributed by atoms with Gasteiger partial charge in [0.05, 0.1) is 12.2 Å². The van der Waals surface area contributed by atoms with E-state index in [1.165, 1.54) is 0 Å². The summed E-state index contributed by atoms with van der Waals surface area (Å²) in [6, 6.07) is 11.5. The lowest BCUT2D eigenvalue weighted by molar-refractivity contribution is 0.0526. The quantitative estimate of drug-likeness (QED) is 0.617. The average Bonchev–Trinajstić information content (AvgIpc) is 2.68. The molecule has 3 rings (SSSR count). The zero-order valence-corrected chi connectivity index (χ0v) is 15.4. The van der Waals surface area contributed by atoms with Crippen LogP contribution in [0.25, 0.3) is 0 Å². The number of benzene rings is 2. The standard InChI is InChI=1S/C19H18N2O5S/c1-2-24-18(23)12-3-6-14(7-4-12)20-19(27)21-17(22)13-5-8-15-16(11-13)26-10-9-25-15/h3-8,11H,2,9-10H2,1H3,(H2,20,21,22,27). The minimum atomic E-state index is -0.390. The lowest BCUT2D eigenvalue weighted by atomic mass is 10.2. The minimum Gasteiger partial charge on any atom is -0.486 e. The van der Waals surface area contributed by atoms with Crippen molar-refractivity contribution in [1.29, 1.82) is 0 Å². The summed E-state index contributed by atoms with van der Waals surface area (Å²) < 4.78 is 15.8. The van der Waals surface area contributed by atoms with E-state index in [1.54, 1.807) is 49.4 Å². The van der Waals surface area contributed by atoms with Gasteiger partial charge in [-0.3, -0.25) is 10.1 Å². The number of carbonyl (C=O) groups is 2. The summed E-state index contributed by atoms with van der Waals surface area (Å²) in [5, 5.41) is 5.63. The number of hydrogen-bond acceptors (Lipinski definition) is 6. The highest BCUT2D eigenvalue weighted by Gasteiger charge is 2.15. The van der Waals surface area contributed by atoms with Crippen molar-refractivity contribution in [2.45, 2.75) is 6.92 Å². The van der Waals surface area contributed by atoms with Gasteiger partial charge in [0.25, 0.3) is 5.91 Å². The first kappa shape index (κ1) is 18.7. The molecule has 0 bridgehead atoms. The van der Waals surface area contributed by atoms with Gasteiger partial charge in [0, 0.05) is 11.3 Å². The number of hydrogen-bond donors (Lipinski definition) is 2. The molecule has 0 aromatic heterocycles. The number of anilines is 1. The zero-order valence-electron chi connectivity index (χ0n) is 14.6. The number of rotatable bonds is 4. The van der Waals surface area contributed by atoms with Crippen molar-refractivity contribution in [2.75, 3.05) is 25.1 Å². The molecule has 1 amide bonds. The Hall–Kier alpha value is -3.13. The third-order valence-electron chi connectivity index (χ3n) is 3.69. The second-order valence-corrected chi connectivity index (χ2v) is 5.97. The highest BCUT2D eigenvalue weighted by molar-refractivity contribution is 7.80. The van der Waals surface area contributed by atoms with Crippen molar-refractivity contribution in [3.63, 3.8) is 0 Å². The predicted molar refractivity (Wildman–Crippen MR) is 104 cm³/mol. The summed E-state index contributed by atoms with van der Waals surface area (Å²) in [5.74, 6) is 0.383. The molecule has 7 nitrogen and oxygen atoms in total. The summed E-state index contributed by atoms with van der Waals surface area (Å²) in [5.41, 5.74) is 1.48. The second kappa shape index (κ2) is 8.50. The molecule has 0 saturated heterocycles. The molecule has 8 heteroatoms. The molecule has 140 valence electrons. The normalized spacial score (nSPS) is 12.0. The van der Waals surface area contributed by atoms with E-state index in [4.69, 9.17) is 26.4 Å². The van der Waals surface area contributed by atoms with Gasteiger partial charge in [0.1, 0.15) is 13.2 Å². The van der Waals surface area contributed by atoms with E-state index in [1.807, 2.05) is 0 Å². The van der Waals surface area contributed by atoms with E-state index in [2.05, 4.69) is 10.6 Å². The van der Waals surface area contributed by atoms with Crippen LogP contribution >= 0.6 is 12.2 Å². The second-order valence-electron chi connectivity index (χ2n) is 5.56. The van der Waals surface area contributed by atoms with Gasteiger partial charge in [-0.25, -0.2) is 4.79 Å². The lowest BCUT2D eigenvalue weighted by Gasteiger charge is -2.18. The monoisotopic (exact) mass is 386 g/mol. The largest absolute Gasteiger partial charge is 0.486 e. The molecule has 2 N–H and O–H groups in total. The Morgan fingerprint density at radius 1 is 1.04 bits per heavy atom. The van der Waals surface area contributed by atoms with Gasteiger partial charge < -0.3 is 19.5 Å². The highest BCUT2D eigenvalue weighted by atomic mass is 32.1. The smallest absolute Gasteiger partial charge is 0.338 e. The number of nitrogens with one attached hydrogen (secondary N) is 2. The van der Waals surface area contributed by atoms with Gasteiger partial charge in [-0.05, 0) is 61.6 Å². The van der Waals surface area contributed by atoms with Crippen molar-refractivity contribution in [3.8, 4) is 11.5 Å². The van der Waals surface area contributed by atoms with Crippen LogP contribution in [0.3, 0.4) is 0 Å². The van der Waals surface area contributed by atoms with Crippen molar-refractivity contribution in [1.82, 2.24) is 5.32 Å². The first-order chi connectivity index (χ1) is 13.1. The molecule has 1 heterocycles. The number of carbonyl (C=O) groups excluding carboxylic acids is 2. The molecule has 0 radical (unpaired) electrons. The van der Waals surface area contributed by atoms with E-state index < -0.39 is 5.97 Å². The Kier molecular flexibility index (Phi) is 5.87. The summed E-state index contributed by atoms with van der Waals surface area (Å²) in [6.45, 7) is 2.99. The highest BCUT2D eigenvalue weighted by Crippen LogP contribution is 2.30. The van der Waals surface area contributed by atoms with Gasteiger partial charge >= 0.3 is 5.97 Å². The molecule has 2 aromatic rings. The molecular formula is C19H18N2O5S. The van der Waals surface area contributed by atoms with Gasteiger partial charge in [0.2, 0.25) is 0 Å². The molecule has 0 fully saturated rings. The Balaban J connectivity index is 1.59. The van der Waals surface area contributed by atoms with E-state index in [0.717, 1.165) is 0 Å². The van der Waals surface area contributed by atoms with Crippen molar-refractivity contribution >= 4 is 34.9 Å². The maximum Gasteiger partial charge on any atom is 0.338 e. The molecule has 1 aliphatic heterocycles. The zero-order chi connectivity index (χ0) is 19.2. The number of thiocarbonyl (C=S) groups is 1. The SMILES string of the molecule is CCOC(=O)c1ccc(NC(=S)NC(=O)c2ccc3c(c2)OCCO3)cc1. The van der Waals surface area contributed by atoms with Crippen LogP contribution in [0.5, 0.6) is 11.5 Å². The Labute approximate surface area is 161 Å². The van der Waals surface area contributed by atoms with Gasteiger partial charge in [-0.2, -0.15) is 0 Å². The van der Waals surface area contributed by atoms with Gasteiger partial charge in [0.15, 0.2) is 16.6 Å². The molecule has 27 heavy (non-hydrogen) atoms. The third-order valence-corrected chi connectivity index (χ3v) is 3.89.